The Bertz CT molecular complexity index is 454. The van der Waals surface area contributed by atoms with Gasteiger partial charge in [0.1, 0.15) is 5.82 Å². The van der Waals surface area contributed by atoms with Crippen LogP contribution in [0.5, 0.6) is 0 Å². The van der Waals surface area contributed by atoms with E-state index >= 15 is 0 Å². The molecular formula is C13H15BrF2N2. The van der Waals surface area contributed by atoms with Gasteiger partial charge in [-0.15, -0.1) is 0 Å². The summed E-state index contributed by atoms with van der Waals surface area (Å²) in [6.45, 7) is 0.912. The number of hydrogen-bond donors (Lipinski definition) is 0. The van der Waals surface area contributed by atoms with Gasteiger partial charge in [0.15, 0.2) is 0 Å². The summed E-state index contributed by atoms with van der Waals surface area (Å²) in [7, 11) is 0. The Labute approximate surface area is 114 Å². The van der Waals surface area contributed by atoms with Crippen molar-refractivity contribution >= 4 is 21.7 Å². The molecule has 0 N–H and O–H groups in total. The van der Waals surface area contributed by atoms with Gasteiger partial charge in [-0.25, -0.2) is 13.8 Å². The molecule has 0 bridgehead atoms. The predicted octanol–water partition coefficient (Wildman–Crippen LogP) is 3.78. The van der Waals surface area contributed by atoms with E-state index in [1.54, 1.807) is 6.20 Å². The van der Waals surface area contributed by atoms with E-state index in [1.165, 1.54) is 5.56 Å². The maximum atomic E-state index is 13.2. The zero-order valence-corrected chi connectivity index (χ0v) is 11.6. The van der Waals surface area contributed by atoms with Crippen molar-refractivity contribution in [3.05, 3.63) is 22.3 Å². The molecule has 3 rings (SSSR count). The zero-order valence-electron chi connectivity index (χ0n) is 10.0. The average Bonchev–Trinajstić information content (AvgIpc) is 2.72. The van der Waals surface area contributed by atoms with Crippen molar-refractivity contribution in [3.63, 3.8) is 0 Å². The third-order valence-corrected chi connectivity index (χ3v) is 4.36. The van der Waals surface area contributed by atoms with Gasteiger partial charge in [-0.2, -0.15) is 0 Å². The van der Waals surface area contributed by atoms with Gasteiger partial charge in [-0.1, -0.05) is 0 Å². The van der Waals surface area contributed by atoms with Crippen molar-refractivity contribution in [2.24, 2.45) is 0 Å². The van der Waals surface area contributed by atoms with Crippen LogP contribution in [0.1, 0.15) is 31.2 Å². The van der Waals surface area contributed by atoms with Crippen LogP contribution in [-0.4, -0.2) is 23.5 Å². The van der Waals surface area contributed by atoms with Crippen molar-refractivity contribution in [1.29, 1.82) is 0 Å². The van der Waals surface area contributed by atoms with E-state index in [-0.39, 0.29) is 18.9 Å². The molecule has 98 valence electrons. The fourth-order valence-corrected chi connectivity index (χ4v) is 3.33. The molecule has 0 saturated heterocycles. The molecule has 1 aliphatic heterocycles. The second-order valence-electron chi connectivity index (χ2n) is 5.17. The minimum Gasteiger partial charge on any atom is -0.353 e. The number of alkyl halides is 2. The molecular weight excluding hydrogens is 302 g/mol. The van der Waals surface area contributed by atoms with E-state index < -0.39 is 5.92 Å². The Morgan fingerprint density at radius 2 is 2.06 bits per heavy atom. The van der Waals surface area contributed by atoms with Crippen LogP contribution in [0.3, 0.4) is 0 Å². The number of nitrogens with zero attached hydrogens (tertiary/aromatic N) is 2. The second-order valence-corrected chi connectivity index (χ2v) is 6.08. The molecule has 0 atom stereocenters. The SMILES string of the molecule is FC1(F)CCC(N2CCc3cc(Br)cnc32)CC1. The maximum absolute atomic E-state index is 13.2. The number of pyridine rings is 1. The van der Waals surface area contributed by atoms with E-state index in [2.05, 4.69) is 31.9 Å². The molecule has 1 aromatic heterocycles. The lowest BCUT2D eigenvalue weighted by Crippen LogP contribution is -2.40. The second kappa shape index (κ2) is 4.44. The van der Waals surface area contributed by atoms with Gasteiger partial charge in [0.05, 0.1) is 0 Å². The van der Waals surface area contributed by atoms with Crippen molar-refractivity contribution < 1.29 is 8.78 Å². The number of hydrogen-bond acceptors (Lipinski definition) is 2. The predicted molar refractivity (Wildman–Crippen MR) is 70.2 cm³/mol. The summed E-state index contributed by atoms with van der Waals surface area (Å²) in [6.07, 6.45) is 3.93. The first-order valence-corrected chi connectivity index (χ1v) is 7.13. The minimum absolute atomic E-state index is 0.0139. The first-order chi connectivity index (χ1) is 8.55. The van der Waals surface area contributed by atoms with Crippen LogP contribution in [0.4, 0.5) is 14.6 Å². The lowest BCUT2D eigenvalue weighted by molar-refractivity contribution is -0.0380. The quantitative estimate of drug-likeness (QED) is 0.783. The van der Waals surface area contributed by atoms with Crippen LogP contribution in [-0.2, 0) is 6.42 Å². The standard InChI is InChI=1S/C13H15BrF2N2/c14-10-7-9-3-6-18(12(9)17-8-10)11-1-4-13(15,16)5-2-11/h7-8,11H,1-6H2. The highest BCUT2D eigenvalue weighted by atomic mass is 79.9. The van der Waals surface area contributed by atoms with Gasteiger partial charge in [-0.05, 0) is 46.8 Å². The monoisotopic (exact) mass is 316 g/mol. The molecule has 1 aromatic rings. The van der Waals surface area contributed by atoms with E-state index in [9.17, 15) is 8.78 Å². The summed E-state index contributed by atoms with van der Waals surface area (Å²) < 4.78 is 27.3. The third-order valence-electron chi connectivity index (χ3n) is 3.93. The van der Waals surface area contributed by atoms with Crippen LogP contribution in [0, 0.1) is 0 Å². The molecule has 1 fully saturated rings. The maximum Gasteiger partial charge on any atom is 0.248 e. The number of aromatic nitrogens is 1. The lowest BCUT2D eigenvalue weighted by atomic mass is 9.91. The fourth-order valence-electron chi connectivity index (χ4n) is 2.96. The Balaban J connectivity index is 1.77. The summed E-state index contributed by atoms with van der Waals surface area (Å²) in [5.41, 5.74) is 1.22. The van der Waals surface area contributed by atoms with Gasteiger partial charge >= 0.3 is 0 Å². The normalized spacial score (nSPS) is 23.2. The topological polar surface area (TPSA) is 16.1 Å². The third kappa shape index (κ3) is 2.25. The summed E-state index contributed by atoms with van der Waals surface area (Å²) >= 11 is 3.42. The molecule has 0 aromatic carbocycles. The fraction of sp³-hybridized carbons (Fsp3) is 0.615. The van der Waals surface area contributed by atoms with Crippen LogP contribution in [0.15, 0.2) is 16.7 Å². The smallest absolute Gasteiger partial charge is 0.248 e. The van der Waals surface area contributed by atoms with E-state index in [1.807, 2.05) is 0 Å². The molecule has 0 unspecified atom stereocenters. The van der Waals surface area contributed by atoms with Gasteiger partial charge in [0.2, 0.25) is 5.92 Å². The van der Waals surface area contributed by atoms with Gasteiger partial charge in [0, 0.05) is 36.1 Å². The lowest BCUT2D eigenvalue weighted by Gasteiger charge is -2.35. The summed E-state index contributed by atoms with van der Waals surface area (Å²) in [5, 5.41) is 0. The number of fused-ring (bicyclic) bond motifs is 1. The van der Waals surface area contributed by atoms with Crippen molar-refractivity contribution in [2.45, 2.75) is 44.1 Å². The van der Waals surface area contributed by atoms with Crippen LogP contribution in [0.2, 0.25) is 0 Å². The highest BCUT2D eigenvalue weighted by Gasteiger charge is 2.38. The minimum atomic E-state index is -2.45. The summed E-state index contributed by atoms with van der Waals surface area (Å²) in [6, 6.07) is 2.32. The van der Waals surface area contributed by atoms with Gasteiger partial charge < -0.3 is 4.90 Å². The molecule has 0 amide bonds. The first kappa shape index (κ1) is 12.3. The Hall–Kier alpha value is -0.710. The molecule has 0 spiro atoms. The molecule has 0 radical (unpaired) electrons. The molecule has 2 nitrogen and oxygen atoms in total. The largest absolute Gasteiger partial charge is 0.353 e. The molecule has 1 aliphatic carbocycles. The average molecular weight is 317 g/mol. The van der Waals surface area contributed by atoms with Crippen molar-refractivity contribution in [2.75, 3.05) is 11.4 Å². The van der Waals surface area contributed by atoms with Gasteiger partial charge in [0.25, 0.3) is 0 Å². The zero-order chi connectivity index (χ0) is 12.8. The highest BCUT2D eigenvalue weighted by Crippen LogP contribution is 2.38. The summed E-state index contributed by atoms with van der Waals surface area (Å²) in [4.78, 5) is 6.66. The Morgan fingerprint density at radius 1 is 1.33 bits per heavy atom. The molecule has 5 heteroatoms. The van der Waals surface area contributed by atoms with E-state index in [0.717, 1.165) is 23.3 Å². The number of anilines is 1. The molecule has 18 heavy (non-hydrogen) atoms. The number of rotatable bonds is 1. The van der Waals surface area contributed by atoms with Gasteiger partial charge in [-0.3, -0.25) is 0 Å². The van der Waals surface area contributed by atoms with Crippen LogP contribution in [0.25, 0.3) is 0 Å². The van der Waals surface area contributed by atoms with Crippen molar-refractivity contribution in [3.8, 4) is 0 Å². The van der Waals surface area contributed by atoms with Crippen molar-refractivity contribution in [1.82, 2.24) is 4.98 Å². The van der Waals surface area contributed by atoms with Crippen LogP contribution < -0.4 is 4.90 Å². The van der Waals surface area contributed by atoms with Crippen LogP contribution >= 0.6 is 15.9 Å². The Morgan fingerprint density at radius 3 is 2.78 bits per heavy atom. The first-order valence-electron chi connectivity index (χ1n) is 6.34. The molecule has 1 saturated carbocycles. The number of halogens is 3. The van der Waals surface area contributed by atoms with E-state index in [0.29, 0.717) is 12.8 Å². The molecule has 2 aliphatic rings. The summed E-state index contributed by atoms with van der Waals surface area (Å²) in [5.74, 6) is -1.46. The molecule has 2 heterocycles. The Kier molecular flexibility index (Phi) is 3.04. The highest BCUT2D eigenvalue weighted by molar-refractivity contribution is 9.10. The van der Waals surface area contributed by atoms with E-state index in [4.69, 9.17) is 0 Å².